The first kappa shape index (κ1) is 15.5. The number of anilines is 1. The SMILES string of the molecule is COSN1CCC(Nc2ccc(C(F)(F)F)cc2)CC1. The highest BCUT2D eigenvalue weighted by Gasteiger charge is 2.30. The monoisotopic (exact) mass is 306 g/mol. The Balaban J connectivity index is 1.85. The lowest BCUT2D eigenvalue weighted by molar-refractivity contribution is -0.137. The molecule has 0 atom stereocenters. The van der Waals surface area contributed by atoms with Gasteiger partial charge in [0.05, 0.1) is 24.9 Å². The average molecular weight is 306 g/mol. The number of piperidine rings is 1. The van der Waals surface area contributed by atoms with Crippen LogP contribution in [0.2, 0.25) is 0 Å². The van der Waals surface area contributed by atoms with Crippen LogP contribution >= 0.6 is 12.2 Å². The number of halogens is 3. The predicted octanol–water partition coefficient (Wildman–Crippen LogP) is 3.79. The van der Waals surface area contributed by atoms with Gasteiger partial charge in [0.1, 0.15) is 0 Å². The van der Waals surface area contributed by atoms with Crippen LogP contribution in [0, 0.1) is 0 Å². The Labute approximate surface area is 120 Å². The van der Waals surface area contributed by atoms with Crippen molar-refractivity contribution in [2.45, 2.75) is 25.1 Å². The standard InChI is InChI=1S/C13H17F3N2OS/c1-19-20-18-8-6-12(7-9-18)17-11-4-2-10(3-5-11)13(14,15)16/h2-5,12,17H,6-9H2,1H3. The highest BCUT2D eigenvalue weighted by molar-refractivity contribution is 7.92. The van der Waals surface area contributed by atoms with E-state index in [1.807, 2.05) is 0 Å². The van der Waals surface area contributed by atoms with Gasteiger partial charge in [0.2, 0.25) is 0 Å². The van der Waals surface area contributed by atoms with Crippen LogP contribution in [0.5, 0.6) is 0 Å². The zero-order valence-electron chi connectivity index (χ0n) is 11.1. The molecule has 1 aliphatic rings. The molecule has 1 aromatic carbocycles. The molecule has 20 heavy (non-hydrogen) atoms. The van der Waals surface area contributed by atoms with Gasteiger partial charge < -0.3 is 9.50 Å². The van der Waals surface area contributed by atoms with E-state index >= 15 is 0 Å². The zero-order valence-corrected chi connectivity index (χ0v) is 11.9. The van der Waals surface area contributed by atoms with Crippen LogP contribution in [-0.2, 0) is 10.4 Å². The lowest BCUT2D eigenvalue weighted by atomic mass is 10.1. The molecule has 3 nitrogen and oxygen atoms in total. The summed E-state index contributed by atoms with van der Waals surface area (Å²) < 4.78 is 44.5. The Morgan fingerprint density at radius 1 is 1.20 bits per heavy atom. The highest BCUT2D eigenvalue weighted by atomic mass is 32.2. The smallest absolute Gasteiger partial charge is 0.382 e. The predicted molar refractivity (Wildman–Crippen MR) is 74.3 cm³/mol. The first-order valence-electron chi connectivity index (χ1n) is 6.38. The molecule has 1 aliphatic heterocycles. The second-order valence-corrected chi connectivity index (χ2v) is 5.66. The van der Waals surface area contributed by atoms with Gasteiger partial charge >= 0.3 is 6.18 Å². The summed E-state index contributed by atoms with van der Waals surface area (Å²) in [6.07, 6.45) is -2.39. The quantitative estimate of drug-likeness (QED) is 0.675. The van der Waals surface area contributed by atoms with Crippen molar-refractivity contribution >= 4 is 17.9 Å². The van der Waals surface area contributed by atoms with Crippen molar-refractivity contribution in [1.29, 1.82) is 0 Å². The van der Waals surface area contributed by atoms with E-state index in [2.05, 4.69) is 9.62 Å². The fraction of sp³-hybridized carbons (Fsp3) is 0.538. The molecule has 0 bridgehead atoms. The van der Waals surface area contributed by atoms with E-state index in [9.17, 15) is 13.2 Å². The Bertz CT molecular complexity index is 417. The normalized spacial score (nSPS) is 18.2. The topological polar surface area (TPSA) is 24.5 Å². The second-order valence-electron chi connectivity index (χ2n) is 4.66. The summed E-state index contributed by atoms with van der Waals surface area (Å²) in [6, 6.07) is 5.48. The molecule has 112 valence electrons. The van der Waals surface area contributed by atoms with Gasteiger partial charge in [-0.25, -0.2) is 4.31 Å². The number of nitrogens with zero attached hydrogens (tertiary/aromatic N) is 1. The van der Waals surface area contributed by atoms with Gasteiger partial charge in [0, 0.05) is 24.8 Å². The molecule has 0 aromatic heterocycles. The van der Waals surface area contributed by atoms with Gasteiger partial charge in [0.25, 0.3) is 0 Å². The summed E-state index contributed by atoms with van der Waals surface area (Å²) in [7, 11) is 1.64. The van der Waals surface area contributed by atoms with E-state index in [1.165, 1.54) is 24.4 Å². The van der Waals surface area contributed by atoms with E-state index in [0.717, 1.165) is 43.8 Å². The van der Waals surface area contributed by atoms with E-state index in [-0.39, 0.29) is 0 Å². The zero-order chi connectivity index (χ0) is 14.6. The molecule has 1 aromatic rings. The maximum absolute atomic E-state index is 12.5. The van der Waals surface area contributed by atoms with Crippen molar-refractivity contribution < 1.29 is 17.4 Å². The maximum atomic E-state index is 12.5. The van der Waals surface area contributed by atoms with E-state index in [0.29, 0.717) is 6.04 Å². The van der Waals surface area contributed by atoms with Crippen molar-refractivity contribution in [2.24, 2.45) is 0 Å². The lowest BCUT2D eigenvalue weighted by Crippen LogP contribution is -2.35. The molecule has 2 rings (SSSR count). The molecular weight excluding hydrogens is 289 g/mol. The minimum atomic E-state index is -4.28. The Morgan fingerprint density at radius 3 is 2.30 bits per heavy atom. The molecule has 0 amide bonds. The van der Waals surface area contributed by atoms with Crippen molar-refractivity contribution in [2.75, 3.05) is 25.5 Å². The van der Waals surface area contributed by atoms with E-state index in [1.54, 1.807) is 7.11 Å². The molecular formula is C13H17F3N2OS. The number of hydrogen-bond donors (Lipinski definition) is 1. The van der Waals surface area contributed by atoms with E-state index < -0.39 is 11.7 Å². The minimum absolute atomic E-state index is 0.292. The first-order chi connectivity index (χ1) is 9.49. The molecule has 0 unspecified atom stereocenters. The second kappa shape index (κ2) is 6.69. The van der Waals surface area contributed by atoms with Crippen LogP contribution in [-0.4, -0.2) is 30.5 Å². The number of rotatable bonds is 4. The molecule has 0 aliphatic carbocycles. The van der Waals surface area contributed by atoms with Crippen LogP contribution in [0.25, 0.3) is 0 Å². The van der Waals surface area contributed by atoms with Crippen molar-refractivity contribution in [3.63, 3.8) is 0 Å². The molecule has 7 heteroatoms. The molecule has 0 radical (unpaired) electrons. The van der Waals surface area contributed by atoms with Gasteiger partial charge in [0.15, 0.2) is 0 Å². The largest absolute Gasteiger partial charge is 0.416 e. The molecule has 1 heterocycles. The van der Waals surface area contributed by atoms with Crippen LogP contribution in [0.1, 0.15) is 18.4 Å². The van der Waals surface area contributed by atoms with Gasteiger partial charge in [-0.3, -0.25) is 0 Å². The Kier molecular flexibility index (Phi) is 5.17. The van der Waals surface area contributed by atoms with Crippen LogP contribution < -0.4 is 5.32 Å². The molecule has 1 N–H and O–H groups in total. The van der Waals surface area contributed by atoms with Crippen molar-refractivity contribution in [3.8, 4) is 0 Å². The number of nitrogens with one attached hydrogen (secondary N) is 1. The van der Waals surface area contributed by atoms with E-state index in [4.69, 9.17) is 4.18 Å². The molecule has 0 saturated carbocycles. The van der Waals surface area contributed by atoms with Gasteiger partial charge in [-0.1, -0.05) is 0 Å². The van der Waals surface area contributed by atoms with Crippen LogP contribution in [0.15, 0.2) is 24.3 Å². The third kappa shape index (κ3) is 4.29. The van der Waals surface area contributed by atoms with Gasteiger partial charge in [-0.2, -0.15) is 13.2 Å². The third-order valence-corrected chi connectivity index (χ3v) is 3.94. The number of alkyl halides is 3. The van der Waals surface area contributed by atoms with Crippen LogP contribution in [0.3, 0.4) is 0 Å². The van der Waals surface area contributed by atoms with Gasteiger partial charge in [-0.05, 0) is 37.1 Å². The fourth-order valence-corrected chi connectivity index (χ4v) is 2.74. The molecule has 1 fully saturated rings. The minimum Gasteiger partial charge on any atom is -0.382 e. The number of benzene rings is 1. The third-order valence-electron chi connectivity index (χ3n) is 3.22. The Morgan fingerprint density at radius 2 is 1.80 bits per heavy atom. The first-order valence-corrected chi connectivity index (χ1v) is 7.08. The number of hydrogen-bond acceptors (Lipinski definition) is 4. The molecule has 0 spiro atoms. The summed E-state index contributed by atoms with van der Waals surface area (Å²) in [4.78, 5) is 0. The Hall–Kier alpha value is -0.920. The highest BCUT2D eigenvalue weighted by Crippen LogP contribution is 2.30. The summed E-state index contributed by atoms with van der Waals surface area (Å²) in [5.41, 5.74) is 0.116. The van der Waals surface area contributed by atoms with Crippen LogP contribution in [0.4, 0.5) is 18.9 Å². The summed E-state index contributed by atoms with van der Waals surface area (Å²) in [5.74, 6) is 0. The van der Waals surface area contributed by atoms with Crippen molar-refractivity contribution in [1.82, 2.24) is 4.31 Å². The average Bonchev–Trinajstić information content (AvgIpc) is 2.41. The maximum Gasteiger partial charge on any atom is 0.416 e. The molecule has 1 saturated heterocycles. The van der Waals surface area contributed by atoms with Gasteiger partial charge in [-0.15, -0.1) is 0 Å². The lowest BCUT2D eigenvalue weighted by Gasteiger charge is -2.30. The fourth-order valence-electron chi connectivity index (χ4n) is 2.17. The summed E-state index contributed by atoms with van der Waals surface area (Å²) in [6.45, 7) is 1.80. The van der Waals surface area contributed by atoms with Crippen molar-refractivity contribution in [3.05, 3.63) is 29.8 Å². The summed E-state index contributed by atoms with van der Waals surface area (Å²) >= 11 is 1.35. The summed E-state index contributed by atoms with van der Waals surface area (Å²) in [5, 5.41) is 3.28.